The molecule has 1 heterocycles. The second-order valence-corrected chi connectivity index (χ2v) is 5.05. The van der Waals surface area contributed by atoms with Gasteiger partial charge in [0, 0.05) is 38.6 Å². The summed E-state index contributed by atoms with van der Waals surface area (Å²) in [6.07, 6.45) is 2.05. The fraction of sp³-hybridized carbons (Fsp3) is 0.625. The Morgan fingerprint density at radius 1 is 1.24 bits per heavy atom. The maximum atomic E-state index is 6.19. The zero-order chi connectivity index (χ0) is 14.9. The molecule has 0 saturated carbocycles. The van der Waals surface area contributed by atoms with Crippen LogP contribution in [-0.4, -0.2) is 46.7 Å². The van der Waals surface area contributed by atoms with Gasteiger partial charge in [-0.15, -0.1) is 0 Å². The lowest BCUT2D eigenvalue weighted by molar-refractivity contribution is 0.0241. The fourth-order valence-corrected chi connectivity index (χ4v) is 2.35. The van der Waals surface area contributed by atoms with E-state index in [-0.39, 0.29) is 6.10 Å². The molecular formula is C16H25NO4. The maximum absolute atomic E-state index is 6.19. The first-order valence-corrected chi connectivity index (χ1v) is 7.45. The van der Waals surface area contributed by atoms with Crippen LogP contribution < -0.4 is 14.8 Å². The van der Waals surface area contributed by atoms with Gasteiger partial charge in [-0.25, -0.2) is 0 Å². The highest BCUT2D eigenvalue weighted by Crippen LogP contribution is 2.33. The molecule has 1 fully saturated rings. The van der Waals surface area contributed by atoms with Crippen molar-refractivity contribution in [1.82, 2.24) is 5.32 Å². The molecule has 21 heavy (non-hydrogen) atoms. The van der Waals surface area contributed by atoms with Crippen LogP contribution in [0, 0.1) is 0 Å². The summed E-state index contributed by atoms with van der Waals surface area (Å²) in [6, 6.07) is 5.99. The molecule has 0 radical (unpaired) electrons. The highest BCUT2D eigenvalue weighted by Gasteiger charge is 2.19. The summed E-state index contributed by atoms with van der Waals surface area (Å²) in [7, 11) is 3.38. The van der Waals surface area contributed by atoms with Gasteiger partial charge >= 0.3 is 0 Å². The number of benzene rings is 1. The third-order valence-electron chi connectivity index (χ3n) is 3.53. The second-order valence-electron chi connectivity index (χ2n) is 5.05. The first kappa shape index (κ1) is 16.1. The van der Waals surface area contributed by atoms with Crippen LogP contribution in [0.3, 0.4) is 0 Å². The Labute approximate surface area is 126 Å². The van der Waals surface area contributed by atoms with Crippen molar-refractivity contribution in [3.63, 3.8) is 0 Å². The van der Waals surface area contributed by atoms with Crippen LogP contribution in [0.25, 0.3) is 0 Å². The van der Waals surface area contributed by atoms with Crippen molar-refractivity contribution in [1.29, 1.82) is 0 Å². The van der Waals surface area contributed by atoms with Crippen molar-refractivity contribution in [2.75, 3.05) is 40.6 Å². The molecule has 0 aromatic heterocycles. The van der Waals surface area contributed by atoms with Crippen LogP contribution in [-0.2, 0) is 16.0 Å². The van der Waals surface area contributed by atoms with E-state index in [1.165, 1.54) is 0 Å². The van der Waals surface area contributed by atoms with E-state index in [0.29, 0.717) is 6.61 Å². The molecule has 0 amide bonds. The Hall–Kier alpha value is -1.30. The molecule has 1 saturated heterocycles. The Morgan fingerprint density at radius 3 is 2.76 bits per heavy atom. The Balaban J connectivity index is 2.03. The minimum Gasteiger partial charge on any atom is -0.493 e. The number of nitrogens with one attached hydrogen (secondary N) is 1. The summed E-state index contributed by atoms with van der Waals surface area (Å²) in [5.41, 5.74) is 1.11. The molecule has 0 bridgehead atoms. The van der Waals surface area contributed by atoms with Gasteiger partial charge in [0.25, 0.3) is 0 Å². The smallest absolute Gasteiger partial charge is 0.166 e. The quantitative estimate of drug-likeness (QED) is 0.743. The number of hydrogen-bond acceptors (Lipinski definition) is 5. The van der Waals surface area contributed by atoms with Crippen LogP contribution in [0.4, 0.5) is 0 Å². The van der Waals surface area contributed by atoms with Crippen LogP contribution in [0.15, 0.2) is 18.2 Å². The molecule has 1 aliphatic rings. The molecule has 0 unspecified atom stereocenters. The SMILES string of the molecule is COCCNCc1cccc(OC)c1OC1CCOCC1. The van der Waals surface area contributed by atoms with Gasteiger partial charge in [0.15, 0.2) is 11.5 Å². The lowest BCUT2D eigenvalue weighted by Gasteiger charge is -2.25. The minimum atomic E-state index is 0.202. The van der Waals surface area contributed by atoms with E-state index < -0.39 is 0 Å². The summed E-state index contributed by atoms with van der Waals surface area (Å²) in [6.45, 7) is 3.77. The van der Waals surface area contributed by atoms with E-state index in [1.54, 1.807) is 14.2 Å². The summed E-state index contributed by atoms with van der Waals surface area (Å²) in [5, 5.41) is 3.35. The van der Waals surface area contributed by atoms with Crippen molar-refractivity contribution in [2.45, 2.75) is 25.5 Å². The summed E-state index contributed by atoms with van der Waals surface area (Å²) < 4.78 is 22.1. The maximum Gasteiger partial charge on any atom is 0.166 e. The third-order valence-corrected chi connectivity index (χ3v) is 3.53. The zero-order valence-corrected chi connectivity index (χ0v) is 12.9. The summed E-state index contributed by atoms with van der Waals surface area (Å²) >= 11 is 0. The van der Waals surface area contributed by atoms with Crippen molar-refractivity contribution < 1.29 is 18.9 Å². The molecule has 5 heteroatoms. The van der Waals surface area contributed by atoms with Crippen LogP contribution in [0.5, 0.6) is 11.5 Å². The number of hydrogen-bond donors (Lipinski definition) is 1. The van der Waals surface area contributed by atoms with E-state index in [2.05, 4.69) is 11.4 Å². The highest BCUT2D eigenvalue weighted by molar-refractivity contribution is 5.46. The zero-order valence-electron chi connectivity index (χ0n) is 12.9. The van der Waals surface area contributed by atoms with Crippen molar-refractivity contribution >= 4 is 0 Å². The highest BCUT2D eigenvalue weighted by atomic mass is 16.5. The van der Waals surface area contributed by atoms with Crippen LogP contribution >= 0.6 is 0 Å². The molecule has 0 atom stereocenters. The lowest BCUT2D eigenvalue weighted by atomic mass is 10.1. The van der Waals surface area contributed by atoms with Gasteiger partial charge in [0.05, 0.1) is 26.9 Å². The topological polar surface area (TPSA) is 49.0 Å². The van der Waals surface area contributed by atoms with Gasteiger partial charge in [0.2, 0.25) is 0 Å². The predicted octanol–water partition coefficient (Wildman–Crippen LogP) is 1.99. The van der Waals surface area contributed by atoms with Gasteiger partial charge in [-0.05, 0) is 6.07 Å². The van der Waals surface area contributed by atoms with E-state index in [0.717, 1.165) is 56.2 Å². The van der Waals surface area contributed by atoms with E-state index in [9.17, 15) is 0 Å². The van der Waals surface area contributed by atoms with E-state index in [1.807, 2.05) is 12.1 Å². The largest absolute Gasteiger partial charge is 0.493 e. The van der Waals surface area contributed by atoms with Crippen molar-refractivity contribution in [2.24, 2.45) is 0 Å². The van der Waals surface area contributed by atoms with Crippen molar-refractivity contribution in [3.05, 3.63) is 23.8 Å². The fourth-order valence-electron chi connectivity index (χ4n) is 2.35. The Kier molecular flexibility index (Phi) is 6.79. The first-order chi connectivity index (χ1) is 10.3. The van der Waals surface area contributed by atoms with Gasteiger partial charge in [0.1, 0.15) is 6.10 Å². The van der Waals surface area contributed by atoms with E-state index in [4.69, 9.17) is 18.9 Å². The standard InChI is InChI=1S/C16H25NO4/c1-18-11-8-17-12-13-4-3-5-15(19-2)16(13)21-14-6-9-20-10-7-14/h3-5,14,17H,6-12H2,1-2H3. The first-order valence-electron chi connectivity index (χ1n) is 7.45. The second kappa shape index (κ2) is 8.87. The van der Waals surface area contributed by atoms with Gasteiger partial charge in [-0.2, -0.15) is 0 Å². The molecular weight excluding hydrogens is 270 g/mol. The summed E-state index contributed by atoms with van der Waals surface area (Å²) in [5.74, 6) is 1.63. The molecule has 5 nitrogen and oxygen atoms in total. The monoisotopic (exact) mass is 295 g/mol. The summed E-state index contributed by atoms with van der Waals surface area (Å²) in [4.78, 5) is 0. The predicted molar refractivity (Wildman–Crippen MR) is 81.0 cm³/mol. The molecule has 118 valence electrons. The van der Waals surface area contributed by atoms with Gasteiger partial charge in [-0.1, -0.05) is 12.1 Å². The third kappa shape index (κ3) is 4.88. The average Bonchev–Trinajstić information content (AvgIpc) is 2.53. The molecule has 0 aliphatic carbocycles. The number of para-hydroxylation sites is 1. The Morgan fingerprint density at radius 2 is 2.05 bits per heavy atom. The van der Waals surface area contributed by atoms with Gasteiger partial charge < -0.3 is 24.3 Å². The number of methoxy groups -OCH3 is 2. The van der Waals surface area contributed by atoms with Gasteiger partial charge in [-0.3, -0.25) is 0 Å². The molecule has 1 aromatic rings. The lowest BCUT2D eigenvalue weighted by Crippen LogP contribution is -2.27. The molecule has 0 spiro atoms. The minimum absolute atomic E-state index is 0.202. The normalized spacial score (nSPS) is 15.9. The molecule has 1 aromatic carbocycles. The van der Waals surface area contributed by atoms with Crippen LogP contribution in [0.1, 0.15) is 18.4 Å². The Bertz CT molecular complexity index is 419. The number of rotatable bonds is 8. The average molecular weight is 295 g/mol. The molecule has 2 rings (SSSR count). The van der Waals surface area contributed by atoms with E-state index >= 15 is 0 Å². The van der Waals surface area contributed by atoms with Crippen LogP contribution in [0.2, 0.25) is 0 Å². The van der Waals surface area contributed by atoms with Crippen molar-refractivity contribution in [3.8, 4) is 11.5 Å². The number of ether oxygens (including phenoxy) is 4. The molecule has 1 N–H and O–H groups in total. The molecule has 1 aliphatic heterocycles.